The van der Waals surface area contributed by atoms with E-state index in [9.17, 15) is 26.0 Å². The van der Waals surface area contributed by atoms with Gasteiger partial charge in [0, 0.05) is 56.4 Å². The zero-order valence-corrected chi connectivity index (χ0v) is 29.7. The van der Waals surface area contributed by atoms with E-state index in [2.05, 4.69) is 9.97 Å². The van der Waals surface area contributed by atoms with Crippen LogP contribution in [-0.4, -0.2) is 81.2 Å². The van der Waals surface area contributed by atoms with Gasteiger partial charge < -0.3 is 14.0 Å². The van der Waals surface area contributed by atoms with Crippen molar-refractivity contribution in [1.82, 2.24) is 19.2 Å². The summed E-state index contributed by atoms with van der Waals surface area (Å²) in [6.45, 7) is 1.20. The minimum absolute atomic E-state index is 0.0200. The van der Waals surface area contributed by atoms with E-state index < -0.39 is 32.1 Å². The van der Waals surface area contributed by atoms with Crippen LogP contribution in [0.4, 0.5) is 10.1 Å². The lowest BCUT2D eigenvalue weighted by atomic mass is 10.0. The largest absolute Gasteiger partial charge is 0.378 e. The number of sulfonamides is 1. The zero-order valence-electron chi connectivity index (χ0n) is 28.0. The molecule has 1 aliphatic rings. The molecule has 4 aromatic carbocycles. The molecule has 0 radical (unpaired) electrons. The maximum absolute atomic E-state index is 14.5. The van der Waals surface area contributed by atoms with Crippen molar-refractivity contribution < 1.29 is 30.2 Å². The number of carbonyl (C=O) groups is 1. The normalized spacial score (nSPS) is 14.5. The highest BCUT2D eigenvalue weighted by Crippen LogP contribution is 2.28. The lowest BCUT2D eigenvalue weighted by Gasteiger charge is -2.39. The average molecular weight is 740 g/mol. The molecule has 11 nitrogen and oxygen atoms in total. The molecular formula is C38H34FN5O6S2. The highest BCUT2D eigenvalue weighted by molar-refractivity contribution is 7.89. The standard InChI is InChI=1S/C38H34FN5O6S2/c1-42(51(46,47)36-31-10-4-2-8-28(31)18-20-40-36)35(38(45)44-24-22-43(23-25-44)34-13-7-6-12-33(34)39)26-27-14-16-30(17-15-27)50-52(48,49)37-32-11-5-3-9-29(32)19-21-41-37/h2-21,35H,22-26H2,1H3/t35-/m0/s1. The van der Waals surface area contributed by atoms with Crippen LogP contribution in [0.5, 0.6) is 5.75 Å². The van der Waals surface area contributed by atoms with Crippen LogP contribution >= 0.6 is 0 Å². The first-order chi connectivity index (χ1) is 25.0. The van der Waals surface area contributed by atoms with Crippen molar-refractivity contribution in [3.05, 3.63) is 133 Å². The second-order valence-electron chi connectivity index (χ2n) is 12.4. The molecule has 0 spiro atoms. The van der Waals surface area contributed by atoms with Gasteiger partial charge in [-0.3, -0.25) is 4.79 Å². The van der Waals surface area contributed by atoms with E-state index in [1.807, 2.05) is 4.90 Å². The van der Waals surface area contributed by atoms with Crippen molar-refractivity contribution in [2.45, 2.75) is 22.5 Å². The number of likely N-dealkylation sites (N-methyl/N-ethyl adjacent to an activating group) is 1. The summed E-state index contributed by atoms with van der Waals surface area (Å²) >= 11 is 0. The van der Waals surface area contributed by atoms with E-state index in [0.29, 0.717) is 45.9 Å². The van der Waals surface area contributed by atoms with Gasteiger partial charge >= 0.3 is 10.1 Å². The number of carbonyl (C=O) groups excluding carboxylic acids is 1. The third-order valence-corrected chi connectivity index (χ3v) is 12.2. The maximum Gasteiger partial charge on any atom is 0.357 e. The lowest BCUT2D eigenvalue weighted by molar-refractivity contribution is -0.135. The molecule has 52 heavy (non-hydrogen) atoms. The lowest BCUT2D eigenvalue weighted by Crippen LogP contribution is -2.56. The van der Waals surface area contributed by atoms with E-state index in [1.54, 1.807) is 95.9 Å². The maximum atomic E-state index is 14.5. The fraction of sp³-hybridized carbons (Fsp3) is 0.184. The Bertz CT molecular complexity index is 2480. The monoisotopic (exact) mass is 739 g/mol. The van der Waals surface area contributed by atoms with Crippen LogP contribution in [0.25, 0.3) is 21.5 Å². The van der Waals surface area contributed by atoms with Gasteiger partial charge in [-0.2, -0.15) is 12.7 Å². The zero-order chi connectivity index (χ0) is 36.5. The van der Waals surface area contributed by atoms with Crippen LogP contribution in [-0.2, 0) is 31.4 Å². The minimum Gasteiger partial charge on any atom is -0.378 e. The van der Waals surface area contributed by atoms with Gasteiger partial charge in [0.15, 0.2) is 5.03 Å². The molecule has 2 aromatic heterocycles. The van der Waals surface area contributed by atoms with Crippen molar-refractivity contribution in [2.24, 2.45) is 0 Å². The van der Waals surface area contributed by atoms with Gasteiger partial charge in [-0.05, 0) is 59.2 Å². The Kier molecular flexibility index (Phi) is 9.62. The number of hydrogen-bond donors (Lipinski definition) is 0. The number of amides is 1. The number of halogens is 1. The molecule has 1 atom stereocenters. The molecular weight excluding hydrogens is 706 g/mol. The summed E-state index contributed by atoms with van der Waals surface area (Å²) in [4.78, 5) is 26.0. The van der Waals surface area contributed by atoms with Crippen LogP contribution in [0, 0.1) is 5.82 Å². The Labute approximate surface area is 301 Å². The van der Waals surface area contributed by atoms with Crippen molar-refractivity contribution in [2.75, 3.05) is 38.1 Å². The molecule has 0 N–H and O–H groups in total. The number of nitrogens with zero attached hydrogens (tertiary/aromatic N) is 5. The predicted octanol–water partition coefficient (Wildman–Crippen LogP) is 5.27. The highest BCUT2D eigenvalue weighted by atomic mass is 32.2. The molecule has 7 rings (SSSR count). The first-order valence-corrected chi connectivity index (χ1v) is 19.3. The molecule has 266 valence electrons. The predicted molar refractivity (Wildman–Crippen MR) is 195 cm³/mol. The number of aromatic nitrogens is 2. The number of fused-ring (bicyclic) bond motifs is 2. The Hall–Kier alpha value is -5.44. The van der Waals surface area contributed by atoms with Gasteiger partial charge in [-0.15, -0.1) is 0 Å². The Morgan fingerprint density at radius 1 is 0.750 bits per heavy atom. The van der Waals surface area contributed by atoms with Gasteiger partial charge in [0.25, 0.3) is 10.0 Å². The number of piperazine rings is 1. The smallest absolute Gasteiger partial charge is 0.357 e. The number of anilines is 1. The summed E-state index contributed by atoms with van der Waals surface area (Å²) in [7, 11) is -7.25. The van der Waals surface area contributed by atoms with Crippen molar-refractivity contribution in [3.8, 4) is 5.75 Å². The number of pyridine rings is 2. The summed E-state index contributed by atoms with van der Waals surface area (Å²) in [5.74, 6) is -0.766. The van der Waals surface area contributed by atoms with Crippen molar-refractivity contribution >= 4 is 53.3 Å². The topological polar surface area (TPSA) is 130 Å². The minimum atomic E-state index is -4.31. The van der Waals surface area contributed by atoms with Gasteiger partial charge in [0.1, 0.15) is 17.6 Å². The van der Waals surface area contributed by atoms with Gasteiger partial charge in [0.2, 0.25) is 10.9 Å². The summed E-state index contributed by atoms with van der Waals surface area (Å²) < 4.78 is 76.0. The third kappa shape index (κ3) is 6.92. The van der Waals surface area contributed by atoms with Gasteiger partial charge in [-0.25, -0.2) is 22.8 Å². The second-order valence-corrected chi connectivity index (χ2v) is 15.7. The molecule has 1 amide bonds. The van der Waals surface area contributed by atoms with E-state index in [-0.39, 0.29) is 41.1 Å². The van der Waals surface area contributed by atoms with Gasteiger partial charge in [-0.1, -0.05) is 72.8 Å². The summed E-state index contributed by atoms with van der Waals surface area (Å²) in [5, 5.41) is 1.82. The fourth-order valence-electron chi connectivity index (χ4n) is 6.42. The van der Waals surface area contributed by atoms with Crippen LogP contribution in [0.3, 0.4) is 0 Å². The summed E-state index contributed by atoms with van der Waals surface area (Å²) in [6.07, 6.45) is 2.78. The molecule has 1 saturated heterocycles. The second kappa shape index (κ2) is 14.3. The molecule has 0 unspecified atom stereocenters. The molecule has 0 bridgehead atoms. The Morgan fingerprint density at radius 2 is 1.31 bits per heavy atom. The average Bonchev–Trinajstić information content (AvgIpc) is 3.16. The summed E-state index contributed by atoms with van der Waals surface area (Å²) in [6, 6.07) is 28.7. The van der Waals surface area contributed by atoms with E-state index in [4.69, 9.17) is 4.18 Å². The molecule has 0 aliphatic carbocycles. The van der Waals surface area contributed by atoms with Crippen LogP contribution in [0.2, 0.25) is 0 Å². The molecule has 1 aliphatic heterocycles. The highest BCUT2D eigenvalue weighted by Gasteiger charge is 2.38. The van der Waals surface area contributed by atoms with E-state index in [1.165, 1.54) is 37.6 Å². The van der Waals surface area contributed by atoms with E-state index in [0.717, 1.165) is 4.31 Å². The van der Waals surface area contributed by atoms with Gasteiger partial charge in [0.05, 0.1) is 5.69 Å². The SMILES string of the molecule is CN([C@@H](Cc1ccc(OS(=O)(=O)c2nccc3ccccc23)cc1)C(=O)N1CCN(c2ccccc2F)CC1)S(=O)(=O)c1nccc2ccccc12. The number of para-hydroxylation sites is 1. The van der Waals surface area contributed by atoms with Crippen molar-refractivity contribution in [1.29, 1.82) is 0 Å². The van der Waals surface area contributed by atoms with Crippen LogP contribution < -0.4 is 9.08 Å². The first-order valence-electron chi connectivity index (χ1n) is 16.5. The van der Waals surface area contributed by atoms with Crippen molar-refractivity contribution in [3.63, 3.8) is 0 Å². The number of hydrogen-bond acceptors (Lipinski definition) is 9. The Morgan fingerprint density at radius 3 is 1.94 bits per heavy atom. The number of benzene rings is 4. The fourth-order valence-corrected chi connectivity index (χ4v) is 8.94. The van der Waals surface area contributed by atoms with Crippen LogP contribution in [0.15, 0.2) is 132 Å². The Balaban J connectivity index is 1.16. The molecule has 6 aromatic rings. The molecule has 0 saturated carbocycles. The quantitative estimate of drug-likeness (QED) is 0.173. The van der Waals surface area contributed by atoms with E-state index >= 15 is 0 Å². The first kappa shape index (κ1) is 35.0. The molecule has 1 fully saturated rings. The number of rotatable bonds is 10. The summed E-state index contributed by atoms with van der Waals surface area (Å²) in [5.41, 5.74) is 0.998. The molecule has 14 heteroatoms. The third-order valence-electron chi connectivity index (χ3n) is 9.20. The molecule has 3 heterocycles. The van der Waals surface area contributed by atoms with Crippen LogP contribution in [0.1, 0.15) is 5.56 Å².